The van der Waals surface area contributed by atoms with Crippen molar-refractivity contribution in [2.75, 3.05) is 12.0 Å². The topological polar surface area (TPSA) is 12.5 Å². The fourth-order valence-corrected chi connectivity index (χ4v) is 7.98. The van der Waals surface area contributed by atoms with Crippen LogP contribution in [0.2, 0.25) is 0 Å². The number of hydrogen-bond donors (Lipinski definition) is 0. The lowest BCUT2D eigenvalue weighted by Crippen LogP contribution is -2.64. The number of methoxy groups -OCH3 is 1. The maximum Gasteiger partial charge on any atom is 0.0892 e. The van der Waals surface area contributed by atoms with Crippen LogP contribution in [-0.2, 0) is 10.2 Å². The van der Waals surface area contributed by atoms with Crippen LogP contribution in [0.5, 0.6) is 0 Å². The molecule has 1 aliphatic heterocycles. The minimum atomic E-state index is -0.268. The standard InChI is InChI=1S/C36H37NO/c1-5-6-8-19-28-26(2)36(35(3)25-16-15-22-31(35)34(28)38-4)29-20-11-13-23-32(29)37(27-17-9-7-10-18-27)33-24-14-12-21-30(33)36/h5,7-25,29,31-32,34H,1,6H2,2-4H3/b19-8-. The van der Waals surface area contributed by atoms with Crippen molar-refractivity contribution >= 4 is 11.4 Å². The number of para-hydroxylation sites is 2. The van der Waals surface area contributed by atoms with Crippen molar-refractivity contribution in [1.29, 1.82) is 0 Å². The summed E-state index contributed by atoms with van der Waals surface area (Å²) >= 11 is 0. The van der Waals surface area contributed by atoms with E-state index in [0.29, 0.717) is 0 Å². The minimum Gasteiger partial charge on any atom is -0.376 e. The molecule has 0 aromatic heterocycles. The number of anilines is 2. The Labute approximate surface area is 227 Å². The van der Waals surface area contributed by atoms with Gasteiger partial charge in [-0.1, -0.05) is 116 Å². The fourth-order valence-electron chi connectivity index (χ4n) is 7.98. The molecule has 6 unspecified atom stereocenters. The summed E-state index contributed by atoms with van der Waals surface area (Å²) in [5, 5.41) is 0. The molecule has 192 valence electrons. The van der Waals surface area contributed by atoms with Gasteiger partial charge in [0.1, 0.15) is 0 Å². The van der Waals surface area contributed by atoms with Crippen molar-refractivity contribution < 1.29 is 4.74 Å². The van der Waals surface area contributed by atoms with Crippen LogP contribution >= 0.6 is 0 Å². The fraction of sp³-hybridized carbons (Fsp3) is 0.278. The van der Waals surface area contributed by atoms with E-state index in [1.165, 1.54) is 28.1 Å². The van der Waals surface area contributed by atoms with Crippen molar-refractivity contribution in [2.24, 2.45) is 17.3 Å². The molecule has 1 heterocycles. The Morgan fingerprint density at radius 3 is 2.42 bits per heavy atom. The van der Waals surface area contributed by atoms with Gasteiger partial charge >= 0.3 is 0 Å². The van der Waals surface area contributed by atoms with Crippen LogP contribution in [0.4, 0.5) is 11.4 Å². The quantitative estimate of drug-likeness (QED) is 0.383. The maximum atomic E-state index is 6.33. The second-order valence-electron chi connectivity index (χ2n) is 11.0. The number of fused-ring (bicyclic) bond motifs is 6. The van der Waals surface area contributed by atoms with Crippen molar-refractivity contribution in [3.63, 3.8) is 0 Å². The molecule has 0 bridgehead atoms. The van der Waals surface area contributed by atoms with Gasteiger partial charge in [0.2, 0.25) is 0 Å². The number of allylic oxidation sites excluding steroid dienone is 8. The highest BCUT2D eigenvalue weighted by Crippen LogP contribution is 2.68. The van der Waals surface area contributed by atoms with Crippen LogP contribution in [0.25, 0.3) is 0 Å². The average Bonchev–Trinajstić information content (AvgIpc) is 2.96. The van der Waals surface area contributed by atoms with Gasteiger partial charge in [-0.3, -0.25) is 0 Å². The summed E-state index contributed by atoms with van der Waals surface area (Å²) in [6, 6.07) is 20.1. The Morgan fingerprint density at radius 2 is 1.63 bits per heavy atom. The smallest absolute Gasteiger partial charge is 0.0892 e. The molecule has 0 saturated heterocycles. The van der Waals surface area contributed by atoms with Crippen LogP contribution < -0.4 is 4.90 Å². The second-order valence-corrected chi connectivity index (χ2v) is 11.0. The molecular weight excluding hydrogens is 462 g/mol. The van der Waals surface area contributed by atoms with E-state index in [1.807, 2.05) is 13.2 Å². The van der Waals surface area contributed by atoms with Crippen molar-refractivity contribution in [3.8, 4) is 0 Å². The van der Waals surface area contributed by atoms with Crippen LogP contribution in [0, 0.1) is 17.3 Å². The van der Waals surface area contributed by atoms with Gasteiger partial charge in [0.05, 0.1) is 12.1 Å². The third-order valence-corrected chi connectivity index (χ3v) is 9.45. The molecule has 0 saturated carbocycles. The van der Waals surface area contributed by atoms with E-state index in [1.54, 1.807) is 0 Å². The first-order valence-corrected chi connectivity index (χ1v) is 13.8. The van der Waals surface area contributed by atoms with Gasteiger partial charge in [-0.2, -0.15) is 0 Å². The molecule has 2 heteroatoms. The predicted octanol–water partition coefficient (Wildman–Crippen LogP) is 8.41. The summed E-state index contributed by atoms with van der Waals surface area (Å²) in [4.78, 5) is 2.55. The largest absolute Gasteiger partial charge is 0.376 e. The normalized spacial score (nSPS) is 33.0. The third-order valence-electron chi connectivity index (χ3n) is 9.45. The van der Waals surface area contributed by atoms with Crippen LogP contribution in [-0.4, -0.2) is 19.3 Å². The number of rotatable bonds is 5. The number of benzene rings is 2. The molecule has 0 amide bonds. The summed E-state index contributed by atoms with van der Waals surface area (Å²) in [5.41, 5.74) is 6.13. The summed E-state index contributed by atoms with van der Waals surface area (Å²) in [5.74, 6) is 0.424. The van der Waals surface area contributed by atoms with E-state index < -0.39 is 0 Å². The molecule has 4 aliphatic rings. The molecular formula is C36H37NO. The van der Waals surface area contributed by atoms with Crippen LogP contribution in [0.1, 0.15) is 25.8 Å². The Kier molecular flexibility index (Phi) is 6.24. The first kappa shape index (κ1) is 24.7. The number of hydrogen-bond acceptors (Lipinski definition) is 2. The zero-order chi connectivity index (χ0) is 26.3. The lowest BCUT2D eigenvalue weighted by Gasteiger charge is -2.65. The van der Waals surface area contributed by atoms with E-state index in [4.69, 9.17) is 4.74 Å². The SMILES string of the molecule is C=CC/C=C\C1=C(C)C2(c3ccccc3N(c3ccccc3)C3C=CC=CC32)C2(C)C=CC=CC2C1OC. The Bertz CT molecular complexity index is 1410. The van der Waals surface area contributed by atoms with Gasteiger partial charge in [0.15, 0.2) is 0 Å². The highest BCUT2D eigenvalue weighted by molar-refractivity contribution is 5.76. The molecule has 6 atom stereocenters. The number of nitrogens with zero attached hydrogens (tertiary/aromatic N) is 1. The predicted molar refractivity (Wildman–Crippen MR) is 160 cm³/mol. The molecule has 0 radical (unpaired) electrons. The molecule has 0 fully saturated rings. The molecule has 6 rings (SSSR count). The first-order valence-electron chi connectivity index (χ1n) is 13.8. The monoisotopic (exact) mass is 499 g/mol. The molecule has 0 N–H and O–H groups in total. The second kappa shape index (κ2) is 9.60. The highest BCUT2D eigenvalue weighted by atomic mass is 16.5. The lowest BCUT2D eigenvalue weighted by atomic mass is 9.41. The van der Waals surface area contributed by atoms with E-state index >= 15 is 0 Å². The Balaban J connectivity index is 1.72. The van der Waals surface area contributed by atoms with Gasteiger partial charge in [-0.05, 0) is 42.7 Å². The van der Waals surface area contributed by atoms with E-state index in [-0.39, 0.29) is 34.8 Å². The van der Waals surface area contributed by atoms with Gasteiger partial charge in [0, 0.05) is 41.2 Å². The zero-order valence-electron chi connectivity index (χ0n) is 22.6. The number of ether oxygens (including phenoxy) is 1. The Hall–Kier alpha value is -3.62. The first-order chi connectivity index (χ1) is 18.6. The summed E-state index contributed by atoms with van der Waals surface area (Å²) in [6.07, 6.45) is 26.0. The molecule has 2 nitrogen and oxygen atoms in total. The summed E-state index contributed by atoms with van der Waals surface area (Å²) in [6.45, 7) is 8.78. The van der Waals surface area contributed by atoms with Crippen molar-refractivity contribution in [1.82, 2.24) is 0 Å². The van der Waals surface area contributed by atoms with Gasteiger partial charge in [0.25, 0.3) is 0 Å². The van der Waals surface area contributed by atoms with Gasteiger partial charge < -0.3 is 9.64 Å². The highest BCUT2D eigenvalue weighted by Gasteiger charge is 2.65. The molecule has 38 heavy (non-hydrogen) atoms. The van der Waals surface area contributed by atoms with E-state index in [2.05, 4.69) is 141 Å². The van der Waals surface area contributed by atoms with Crippen LogP contribution in [0.15, 0.2) is 139 Å². The van der Waals surface area contributed by atoms with Crippen molar-refractivity contribution in [3.05, 3.63) is 145 Å². The van der Waals surface area contributed by atoms with Gasteiger partial charge in [-0.25, -0.2) is 0 Å². The molecule has 2 aromatic carbocycles. The van der Waals surface area contributed by atoms with Crippen LogP contribution in [0.3, 0.4) is 0 Å². The molecule has 2 aromatic rings. The van der Waals surface area contributed by atoms with E-state index in [9.17, 15) is 0 Å². The summed E-state index contributed by atoms with van der Waals surface area (Å²) in [7, 11) is 1.86. The third kappa shape index (κ3) is 3.29. The Morgan fingerprint density at radius 1 is 0.921 bits per heavy atom. The molecule has 1 spiro atoms. The molecule has 3 aliphatic carbocycles. The minimum absolute atomic E-state index is 0.0197. The van der Waals surface area contributed by atoms with Gasteiger partial charge in [-0.15, -0.1) is 6.58 Å². The lowest BCUT2D eigenvalue weighted by molar-refractivity contribution is -0.00286. The van der Waals surface area contributed by atoms with Crippen molar-refractivity contribution in [2.45, 2.75) is 37.8 Å². The maximum absolute atomic E-state index is 6.33. The zero-order valence-corrected chi connectivity index (χ0v) is 22.6. The average molecular weight is 500 g/mol. The van der Waals surface area contributed by atoms with E-state index in [0.717, 1.165) is 6.42 Å². The summed E-state index contributed by atoms with van der Waals surface area (Å²) < 4.78 is 6.33.